The Labute approximate surface area is 103 Å². The molecule has 0 saturated carbocycles. The van der Waals surface area contributed by atoms with Crippen LogP contribution < -0.4 is 0 Å². The Morgan fingerprint density at radius 1 is 1.50 bits per heavy atom. The van der Waals surface area contributed by atoms with E-state index in [1.54, 1.807) is 0 Å². The minimum Gasteiger partial charge on any atom is -1.00 e. The van der Waals surface area contributed by atoms with Gasteiger partial charge in [-0.25, -0.2) is 0 Å². The zero-order chi connectivity index (χ0) is 10.3. The molecular weight excluding hydrogens is 196 g/mol. The number of ether oxygens (including phenoxy) is 1. The van der Waals surface area contributed by atoms with Gasteiger partial charge in [-0.05, 0) is 12.3 Å². The maximum Gasteiger partial charge on any atom is 2.00 e. The Morgan fingerprint density at radius 3 is 2.50 bits per heavy atom. The van der Waals surface area contributed by atoms with Crippen molar-refractivity contribution in [1.82, 2.24) is 0 Å². The zero-order valence-corrected chi connectivity index (χ0v) is 10.2. The number of esters is 1. The van der Waals surface area contributed by atoms with Crippen LogP contribution in [-0.2, 0) is 14.3 Å². The Kier molecular flexibility index (Phi) is 10.7. The molecule has 80 valence electrons. The molecule has 4 nitrogen and oxygen atoms in total. The molecule has 0 aliphatic rings. The Balaban J connectivity index is -0.000000240. The van der Waals surface area contributed by atoms with Crippen molar-refractivity contribution in [3.8, 4) is 0 Å². The first-order valence-electron chi connectivity index (χ1n) is 4.43. The summed E-state index contributed by atoms with van der Waals surface area (Å²) in [7, 11) is 0. The molecule has 0 aliphatic carbocycles. The zero-order valence-electron chi connectivity index (χ0n) is 10.8. The summed E-state index contributed by atoms with van der Waals surface area (Å²) in [6.07, 6.45) is 1.48. The van der Waals surface area contributed by atoms with Gasteiger partial charge < -0.3 is 12.7 Å². The molecule has 0 rings (SSSR count). The van der Waals surface area contributed by atoms with Gasteiger partial charge in [-0.2, -0.15) is 0 Å². The number of carbonyl (C=O) groups excluding carboxylic acids is 1. The van der Waals surface area contributed by atoms with Crippen molar-refractivity contribution in [1.29, 1.82) is 0 Å². The van der Waals surface area contributed by atoms with Crippen molar-refractivity contribution in [3.05, 3.63) is 0 Å². The first kappa shape index (κ1) is 16.1. The third-order valence-electron chi connectivity index (χ3n) is 1.61. The maximum absolute atomic E-state index is 10.8. The molecular formula is C9H18MgO4. The van der Waals surface area contributed by atoms with E-state index in [1.807, 2.05) is 6.92 Å². The number of rotatable bonds is 6. The van der Waals surface area contributed by atoms with Crippen LogP contribution in [0, 0.1) is 5.92 Å². The fourth-order valence-electron chi connectivity index (χ4n) is 0.986. The molecule has 0 heterocycles. The van der Waals surface area contributed by atoms with E-state index in [0.29, 0.717) is 12.5 Å². The normalized spacial score (nSPS) is 11.3. The van der Waals surface area contributed by atoms with Crippen LogP contribution in [0.2, 0.25) is 0 Å². The summed E-state index contributed by atoms with van der Waals surface area (Å²) in [5.74, 6) is -1.49. The largest absolute Gasteiger partial charge is 2.00 e. The summed E-state index contributed by atoms with van der Waals surface area (Å²) in [5, 5.41) is 8.25. The summed E-state index contributed by atoms with van der Waals surface area (Å²) in [5.41, 5.74) is 0. The molecule has 0 amide bonds. The van der Waals surface area contributed by atoms with Gasteiger partial charge in [-0.15, -0.1) is 0 Å². The molecule has 0 radical (unpaired) electrons. The molecule has 0 aromatic carbocycles. The van der Waals surface area contributed by atoms with E-state index in [1.165, 1.54) is 0 Å². The van der Waals surface area contributed by atoms with Crippen LogP contribution >= 0.6 is 0 Å². The summed E-state index contributed by atoms with van der Waals surface area (Å²) >= 11 is 0. The number of carboxylic acid groups (broad SMARTS) is 1. The molecule has 0 spiro atoms. The van der Waals surface area contributed by atoms with Crippen molar-refractivity contribution in [2.75, 3.05) is 6.61 Å². The molecule has 0 bridgehead atoms. The molecule has 0 aliphatic heterocycles. The fraction of sp³-hybridized carbons (Fsp3) is 0.778. The molecule has 0 aromatic rings. The first-order chi connectivity index (χ1) is 6.06. The van der Waals surface area contributed by atoms with Crippen LogP contribution in [0.25, 0.3) is 0 Å². The topological polar surface area (TPSA) is 63.6 Å². The second kappa shape index (κ2) is 9.27. The number of aliphatic carboxylic acids is 1. The van der Waals surface area contributed by atoms with Gasteiger partial charge in [0.05, 0.1) is 6.61 Å². The van der Waals surface area contributed by atoms with Crippen LogP contribution in [0.15, 0.2) is 0 Å². The predicted molar refractivity (Wildman–Crippen MR) is 55.3 cm³/mol. The van der Waals surface area contributed by atoms with Crippen LogP contribution in [-0.4, -0.2) is 46.7 Å². The average Bonchev–Trinajstić information content (AvgIpc) is 2.00. The van der Waals surface area contributed by atoms with Crippen molar-refractivity contribution in [3.63, 3.8) is 0 Å². The van der Waals surface area contributed by atoms with E-state index < -0.39 is 18.4 Å². The van der Waals surface area contributed by atoms with Crippen molar-refractivity contribution >= 4 is 35.0 Å². The van der Waals surface area contributed by atoms with E-state index in [4.69, 9.17) is 9.84 Å². The monoisotopic (exact) mass is 214 g/mol. The van der Waals surface area contributed by atoms with E-state index >= 15 is 0 Å². The summed E-state index contributed by atoms with van der Waals surface area (Å²) in [4.78, 5) is 20.8. The van der Waals surface area contributed by atoms with Crippen LogP contribution in [0.1, 0.15) is 36.0 Å². The Hall–Kier alpha value is -0.294. The van der Waals surface area contributed by atoms with Gasteiger partial charge in [0, 0.05) is 0 Å². The van der Waals surface area contributed by atoms with Gasteiger partial charge >= 0.3 is 35.0 Å². The standard InChI is InChI=1S/C9H16O4.Mg.2H/c1-3-4-7(2)6-13-9(12)5-8(10)11;;;/h7H,3-6H2,1-2H3,(H,10,11);;;/q;+2;2*-1. The maximum atomic E-state index is 10.8. The minimum atomic E-state index is -1.15. The van der Waals surface area contributed by atoms with Crippen molar-refractivity contribution in [2.24, 2.45) is 5.92 Å². The molecule has 0 aromatic heterocycles. The molecule has 14 heavy (non-hydrogen) atoms. The van der Waals surface area contributed by atoms with Gasteiger partial charge in [0.25, 0.3) is 0 Å². The van der Waals surface area contributed by atoms with E-state index in [9.17, 15) is 9.59 Å². The first-order valence-corrected chi connectivity index (χ1v) is 4.43. The van der Waals surface area contributed by atoms with Gasteiger partial charge in [-0.3, -0.25) is 9.59 Å². The minimum absolute atomic E-state index is 0. The van der Waals surface area contributed by atoms with E-state index in [0.717, 1.165) is 12.8 Å². The fourth-order valence-corrected chi connectivity index (χ4v) is 0.986. The van der Waals surface area contributed by atoms with Crippen LogP contribution in [0.3, 0.4) is 0 Å². The second-order valence-corrected chi connectivity index (χ2v) is 3.15. The molecule has 0 saturated heterocycles. The van der Waals surface area contributed by atoms with Gasteiger partial charge in [0.2, 0.25) is 0 Å². The Bertz CT molecular complexity index is 190. The predicted octanol–water partition coefficient (Wildman–Crippen LogP) is 1.28. The van der Waals surface area contributed by atoms with Crippen LogP contribution in [0.5, 0.6) is 0 Å². The number of carboxylic acids is 1. The van der Waals surface area contributed by atoms with Crippen LogP contribution in [0.4, 0.5) is 0 Å². The molecule has 1 atom stereocenters. The molecule has 0 fully saturated rings. The molecule has 1 unspecified atom stereocenters. The van der Waals surface area contributed by atoms with Crippen molar-refractivity contribution < 1.29 is 22.3 Å². The second-order valence-electron chi connectivity index (χ2n) is 3.15. The summed E-state index contributed by atoms with van der Waals surface area (Å²) < 4.78 is 4.75. The smallest absolute Gasteiger partial charge is 1.00 e. The molecule has 1 N–H and O–H groups in total. The number of hydrogen-bond donors (Lipinski definition) is 1. The molecule has 5 heteroatoms. The Morgan fingerprint density at radius 2 is 2.07 bits per heavy atom. The quantitative estimate of drug-likeness (QED) is 0.411. The third-order valence-corrected chi connectivity index (χ3v) is 1.61. The van der Waals surface area contributed by atoms with Gasteiger partial charge in [0.1, 0.15) is 6.42 Å². The number of hydrogen-bond acceptors (Lipinski definition) is 3. The average molecular weight is 215 g/mol. The van der Waals surface area contributed by atoms with Crippen molar-refractivity contribution in [2.45, 2.75) is 33.1 Å². The van der Waals surface area contributed by atoms with E-state index in [2.05, 4.69) is 6.92 Å². The summed E-state index contributed by atoms with van der Waals surface area (Å²) in [6.45, 7) is 4.34. The summed E-state index contributed by atoms with van der Waals surface area (Å²) in [6, 6.07) is 0. The number of carbonyl (C=O) groups is 2. The van der Waals surface area contributed by atoms with Gasteiger partial charge in [0.15, 0.2) is 0 Å². The van der Waals surface area contributed by atoms with E-state index in [-0.39, 0.29) is 25.9 Å². The third kappa shape index (κ3) is 9.79. The van der Waals surface area contributed by atoms with Gasteiger partial charge in [-0.1, -0.05) is 20.3 Å². The SMILES string of the molecule is CCCC(C)COC(=O)CC(=O)O.[H-].[H-].[Mg+2].